The normalized spacial score (nSPS) is 14.6. The Bertz CT molecular complexity index is 589. The molecule has 3 rings (SSSR count). The number of hydrogen-bond acceptors (Lipinski definition) is 4. The highest BCUT2D eigenvalue weighted by atomic mass is 32.1. The number of nitrogens with zero attached hydrogens (tertiary/aromatic N) is 2. The highest BCUT2D eigenvalue weighted by Gasteiger charge is 2.11. The highest BCUT2D eigenvalue weighted by molar-refractivity contribution is 7.09. The second kappa shape index (κ2) is 6.04. The predicted octanol–water partition coefficient (Wildman–Crippen LogP) is 2.56. The van der Waals surface area contributed by atoms with E-state index in [1.54, 1.807) is 11.3 Å². The van der Waals surface area contributed by atoms with Crippen molar-refractivity contribution in [3.05, 3.63) is 39.7 Å². The molecule has 1 N–H and O–H groups in total. The molecule has 1 aliphatic heterocycles. The molecule has 3 nitrogen and oxygen atoms in total. The Balaban J connectivity index is 1.79. The lowest BCUT2D eigenvalue weighted by molar-refractivity contribution is 0.413. The van der Waals surface area contributed by atoms with Crippen molar-refractivity contribution >= 4 is 11.3 Å². The molecular weight excluding hydrogens is 266 g/mol. The van der Waals surface area contributed by atoms with Gasteiger partial charge in [0.1, 0.15) is 0 Å². The van der Waals surface area contributed by atoms with Crippen LogP contribution in [0.5, 0.6) is 0 Å². The van der Waals surface area contributed by atoms with Gasteiger partial charge in [-0.2, -0.15) is 0 Å². The maximum absolute atomic E-state index is 4.78. The third-order valence-corrected chi connectivity index (χ3v) is 4.62. The van der Waals surface area contributed by atoms with Crippen LogP contribution in [0.1, 0.15) is 16.1 Å². The molecule has 1 aromatic heterocycles. The van der Waals surface area contributed by atoms with Gasteiger partial charge in [0.15, 0.2) is 0 Å². The molecule has 0 unspecified atom stereocenters. The highest BCUT2D eigenvalue weighted by Crippen LogP contribution is 2.26. The maximum Gasteiger partial charge on any atom is 0.0945 e. The number of hydrogen-bond donors (Lipinski definition) is 1. The molecule has 0 saturated heterocycles. The van der Waals surface area contributed by atoms with Crippen molar-refractivity contribution in [3.63, 3.8) is 0 Å². The van der Waals surface area contributed by atoms with E-state index in [2.05, 4.69) is 47.9 Å². The number of fused-ring (bicyclic) bond motifs is 1. The number of rotatable bonds is 4. The van der Waals surface area contributed by atoms with Gasteiger partial charge in [0.05, 0.1) is 10.7 Å². The van der Waals surface area contributed by atoms with E-state index in [4.69, 9.17) is 4.98 Å². The van der Waals surface area contributed by atoms with Gasteiger partial charge in [0.25, 0.3) is 0 Å². The van der Waals surface area contributed by atoms with Crippen LogP contribution in [0.25, 0.3) is 11.3 Å². The zero-order valence-electron chi connectivity index (χ0n) is 12.1. The second-order valence-corrected chi connectivity index (χ2v) is 6.53. The zero-order valence-corrected chi connectivity index (χ0v) is 13.0. The molecule has 0 spiro atoms. The summed E-state index contributed by atoms with van der Waals surface area (Å²) in [6, 6.07) is 6.77. The fourth-order valence-corrected chi connectivity index (χ4v) is 3.31. The van der Waals surface area contributed by atoms with Gasteiger partial charge in [0.2, 0.25) is 0 Å². The average Bonchev–Trinajstić information content (AvgIpc) is 2.93. The topological polar surface area (TPSA) is 28.2 Å². The van der Waals surface area contributed by atoms with Crippen LogP contribution >= 0.6 is 11.3 Å². The molecule has 0 radical (unpaired) electrons. The van der Waals surface area contributed by atoms with Crippen molar-refractivity contribution in [1.82, 2.24) is 15.2 Å². The van der Waals surface area contributed by atoms with Crippen molar-refractivity contribution in [1.29, 1.82) is 0 Å². The number of nitrogens with one attached hydrogen (secondary N) is 1. The van der Waals surface area contributed by atoms with Crippen molar-refractivity contribution in [2.45, 2.75) is 19.4 Å². The Morgan fingerprint density at radius 3 is 3.05 bits per heavy atom. The molecule has 0 saturated carbocycles. The predicted molar refractivity (Wildman–Crippen MR) is 85.2 cm³/mol. The molecule has 106 valence electrons. The smallest absolute Gasteiger partial charge is 0.0945 e. The van der Waals surface area contributed by atoms with Crippen LogP contribution in [0.15, 0.2) is 23.6 Å². The lowest BCUT2D eigenvalue weighted by Gasteiger charge is -2.17. The first kappa shape index (κ1) is 13.7. The summed E-state index contributed by atoms with van der Waals surface area (Å²) < 4.78 is 0. The van der Waals surface area contributed by atoms with Crippen molar-refractivity contribution in [2.75, 3.05) is 27.2 Å². The largest absolute Gasteiger partial charge is 0.312 e. The number of likely N-dealkylation sites (N-methyl/N-ethyl adjacent to an activating group) is 1. The molecule has 2 aromatic rings. The maximum atomic E-state index is 4.78. The first-order valence-corrected chi connectivity index (χ1v) is 8.02. The van der Waals surface area contributed by atoms with E-state index in [0.717, 1.165) is 38.2 Å². The van der Waals surface area contributed by atoms with Crippen LogP contribution in [0.2, 0.25) is 0 Å². The summed E-state index contributed by atoms with van der Waals surface area (Å²) in [7, 11) is 4.21. The van der Waals surface area contributed by atoms with E-state index < -0.39 is 0 Å². The molecule has 0 atom stereocenters. The van der Waals surface area contributed by atoms with Gasteiger partial charge in [-0.25, -0.2) is 4.98 Å². The van der Waals surface area contributed by atoms with E-state index >= 15 is 0 Å². The van der Waals surface area contributed by atoms with Crippen molar-refractivity contribution < 1.29 is 0 Å². The third-order valence-electron chi connectivity index (χ3n) is 3.71. The Hall–Kier alpha value is -1.23. The standard InChI is InChI=1S/C16H21N3S/c1-19(2)8-6-16-18-15(11-20-16)13-3-4-14-10-17-7-5-12(14)9-13/h3-4,9,11,17H,5-8,10H2,1-2H3. The monoisotopic (exact) mass is 287 g/mol. The number of benzene rings is 1. The summed E-state index contributed by atoms with van der Waals surface area (Å²) in [6.07, 6.45) is 2.16. The zero-order chi connectivity index (χ0) is 13.9. The second-order valence-electron chi connectivity index (χ2n) is 5.59. The van der Waals surface area contributed by atoms with E-state index in [1.165, 1.54) is 21.7 Å². The molecule has 1 aromatic carbocycles. The van der Waals surface area contributed by atoms with Gasteiger partial charge in [-0.3, -0.25) is 0 Å². The van der Waals surface area contributed by atoms with Gasteiger partial charge >= 0.3 is 0 Å². The quantitative estimate of drug-likeness (QED) is 0.937. The SMILES string of the molecule is CN(C)CCc1nc(-c2ccc3c(c2)CCNC3)cs1. The van der Waals surface area contributed by atoms with E-state index in [0.29, 0.717) is 0 Å². The first-order valence-electron chi connectivity index (χ1n) is 7.14. The van der Waals surface area contributed by atoms with Gasteiger partial charge in [-0.15, -0.1) is 11.3 Å². The Kier molecular flexibility index (Phi) is 4.15. The molecular formula is C16H21N3S. The van der Waals surface area contributed by atoms with E-state index in [1.807, 2.05) is 0 Å². The van der Waals surface area contributed by atoms with Crippen LogP contribution in [0, 0.1) is 0 Å². The van der Waals surface area contributed by atoms with Crippen LogP contribution in [-0.4, -0.2) is 37.1 Å². The summed E-state index contributed by atoms with van der Waals surface area (Å²) in [4.78, 5) is 6.98. The summed E-state index contributed by atoms with van der Waals surface area (Å²) in [5.41, 5.74) is 5.30. The Morgan fingerprint density at radius 2 is 2.20 bits per heavy atom. The van der Waals surface area contributed by atoms with Gasteiger partial charge in [-0.05, 0) is 44.3 Å². The summed E-state index contributed by atoms with van der Waals surface area (Å²) in [5, 5.41) is 6.83. The molecule has 2 heterocycles. The lowest BCUT2D eigenvalue weighted by atomic mass is 9.98. The average molecular weight is 287 g/mol. The van der Waals surface area contributed by atoms with Gasteiger partial charge < -0.3 is 10.2 Å². The number of thiazole rings is 1. The van der Waals surface area contributed by atoms with Crippen LogP contribution in [-0.2, 0) is 19.4 Å². The Labute approximate surface area is 124 Å². The van der Waals surface area contributed by atoms with Crippen LogP contribution < -0.4 is 5.32 Å². The lowest BCUT2D eigenvalue weighted by Crippen LogP contribution is -2.23. The van der Waals surface area contributed by atoms with Crippen LogP contribution in [0.3, 0.4) is 0 Å². The fraction of sp³-hybridized carbons (Fsp3) is 0.438. The molecule has 0 amide bonds. The van der Waals surface area contributed by atoms with Crippen molar-refractivity contribution in [2.24, 2.45) is 0 Å². The molecule has 0 bridgehead atoms. The number of aromatic nitrogens is 1. The minimum atomic E-state index is 1.00. The minimum absolute atomic E-state index is 1.00. The summed E-state index contributed by atoms with van der Waals surface area (Å²) >= 11 is 1.77. The van der Waals surface area contributed by atoms with Gasteiger partial charge in [0, 0.05) is 30.5 Å². The summed E-state index contributed by atoms with van der Waals surface area (Å²) in [5.74, 6) is 0. The molecule has 0 fully saturated rings. The first-order chi connectivity index (χ1) is 9.72. The minimum Gasteiger partial charge on any atom is -0.312 e. The van der Waals surface area contributed by atoms with Gasteiger partial charge in [-0.1, -0.05) is 12.1 Å². The van der Waals surface area contributed by atoms with Crippen molar-refractivity contribution in [3.8, 4) is 11.3 Å². The van der Waals surface area contributed by atoms with E-state index in [-0.39, 0.29) is 0 Å². The molecule has 20 heavy (non-hydrogen) atoms. The molecule has 4 heteroatoms. The Morgan fingerprint density at radius 1 is 1.30 bits per heavy atom. The van der Waals surface area contributed by atoms with E-state index in [9.17, 15) is 0 Å². The van der Waals surface area contributed by atoms with Crippen LogP contribution in [0.4, 0.5) is 0 Å². The summed E-state index contributed by atoms with van der Waals surface area (Å²) in [6.45, 7) is 3.14. The molecule has 0 aliphatic carbocycles. The third kappa shape index (κ3) is 3.08. The molecule has 1 aliphatic rings. The fourth-order valence-electron chi connectivity index (χ4n) is 2.51.